The van der Waals surface area contributed by atoms with Crippen molar-refractivity contribution in [1.82, 2.24) is 9.59 Å². The van der Waals surface area contributed by atoms with Crippen LogP contribution in [-0.4, -0.2) is 23.8 Å². The van der Waals surface area contributed by atoms with Crippen LogP contribution in [0.15, 0.2) is 18.2 Å². The van der Waals surface area contributed by atoms with Gasteiger partial charge in [-0.2, -0.15) is 0 Å². The molecule has 0 saturated heterocycles. The zero-order valence-corrected chi connectivity index (χ0v) is 12.0. The third-order valence-corrected chi connectivity index (χ3v) is 3.83. The predicted molar refractivity (Wildman–Crippen MR) is 74.9 cm³/mol. The van der Waals surface area contributed by atoms with Gasteiger partial charge in [-0.05, 0) is 30.1 Å². The Morgan fingerprint density at radius 1 is 1.32 bits per heavy atom. The third-order valence-electron chi connectivity index (χ3n) is 2.98. The molecule has 0 aliphatic rings. The summed E-state index contributed by atoms with van der Waals surface area (Å²) in [5, 5.41) is 4.09. The van der Waals surface area contributed by atoms with E-state index in [1.165, 1.54) is 11.5 Å². The molecule has 1 aromatic carbocycles. The molecule has 2 rings (SSSR count). The predicted octanol–water partition coefficient (Wildman–Crippen LogP) is 2.17. The molecule has 6 heteroatoms. The highest BCUT2D eigenvalue weighted by atomic mass is 32.1. The Morgan fingerprint density at radius 2 is 2.11 bits per heavy atom. The van der Waals surface area contributed by atoms with Crippen molar-refractivity contribution >= 4 is 11.5 Å². The smallest absolute Gasteiger partial charge is 0.127 e. The van der Waals surface area contributed by atoms with Gasteiger partial charge in [-0.25, -0.2) is 0 Å². The van der Waals surface area contributed by atoms with Crippen LogP contribution in [0.3, 0.4) is 0 Å². The van der Waals surface area contributed by atoms with Crippen LogP contribution in [0, 0.1) is 0 Å². The number of aromatic nitrogens is 2. The number of nitrogens with two attached hydrogens (primary N) is 1. The zero-order valence-electron chi connectivity index (χ0n) is 11.2. The summed E-state index contributed by atoms with van der Waals surface area (Å²) < 4.78 is 14.5. The van der Waals surface area contributed by atoms with Gasteiger partial charge in [-0.1, -0.05) is 11.4 Å². The SMILES string of the molecule is CCc1nnsc1C(N)c1ccc(OC)cc1OC. The fourth-order valence-electron chi connectivity index (χ4n) is 1.91. The highest BCUT2D eigenvalue weighted by Crippen LogP contribution is 2.33. The molecule has 2 aromatic rings. The van der Waals surface area contributed by atoms with E-state index >= 15 is 0 Å². The van der Waals surface area contributed by atoms with E-state index in [0.717, 1.165) is 28.3 Å². The zero-order chi connectivity index (χ0) is 13.8. The minimum Gasteiger partial charge on any atom is -0.497 e. The molecular formula is C13H17N3O2S. The van der Waals surface area contributed by atoms with Gasteiger partial charge in [0.1, 0.15) is 11.5 Å². The summed E-state index contributed by atoms with van der Waals surface area (Å²) >= 11 is 1.33. The molecule has 1 heterocycles. The Balaban J connectivity index is 2.41. The van der Waals surface area contributed by atoms with E-state index in [1.54, 1.807) is 14.2 Å². The molecule has 0 aliphatic heterocycles. The van der Waals surface area contributed by atoms with Gasteiger partial charge in [-0.15, -0.1) is 5.10 Å². The number of nitrogens with zero attached hydrogens (tertiary/aromatic N) is 2. The van der Waals surface area contributed by atoms with Crippen molar-refractivity contribution in [3.8, 4) is 11.5 Å². The summed E-state index contributed by atoms with van der Waals surface area (Å²) in [6.07, 6.45) is 0.817. The maximum Gasteiger partial charge on any atom is 0.127 e. The Hall–Kier alpha value is -1.66. The molecule has 2 N–H and O–H groups in total. The molecule has 19 heavy (non-hydrogen) atoms. The third kappa shape index (κ3) is 2.69. The molecule has 0 spiro atoms. The van der Waals surface area contributed by atoms with E-state index in [2.05, 4.69) is 9.59 Å². The summed E-state index contributed by atoms with van der Waals surface area (Å²) in [4.78, 5) is 0.978. The standard InChI is InChI=1S/C13H17N3O2S/c1-4-10-13(19-16-15-10)12(14)9-6-5-8(17-2)7-11(9)18-3/h5-7,12H,4,14H2,1-3H3. The first-order valence-electron chi connectivity index (χ1n) is 5.99. The lowest BCUT2D eigenvalue weighted by Gasteiger charge is -2.15. The van der Waals surface area contributed by atoms with Crippen LogP contribution in [-0.2, 0) is 6.42 Å². The van der Waals surface area contributed by atoms with Crippen molar-refractivity contribution in [2.45, 2.75) is 19.4 Å². The Bertz CT molecular complexity index is 557. The van der Waals surface area contributed by atoms with Crippen LogP contribution in [0.2, 0.25) is 0 Å². The average molecular weight is 279 g/mol. The van der Waals surface area contributed by atoms with E-state index in [0.29, 0.717) is 5.75 Å². The summed E-state index contributed by atoms with van der Waals surface area (Å²) in [6, 6.07) is 5.34. The van der Waals surface area contributed by atoms with Crippen LogP contribution in [0.25, 0.3) is 0 Å². The first-order chi connectivity index (χ1) is 9.21. The summed E-state index contributed by atoms with van der Waals surface area (Å²) in [7, 11) is 3.24. The molecule has 0 aliphatic carbocycles. The first-order valence-corrected chi connectivity index (χ1v) is 6.77. The van der Waals surface area contributed by atoms with Crippen molar-refractivity contribution < 1.29 is 9.47 Å². The maximum atomic E-state index is 6.31. The first kappa shape index (κ1) is 13.8. The number of hydrogen-bond donors (Lipinski definition) is 1. The maximum absolute atomic E-state index is 6.31. The minimum absolute atomic E-state index is 0.282. The van der Waals surface area contributed by atoms with E-state index in [4.69, 9.17) is 15.2 Å². The molecule has 0 amide bonds. The van der Waals surface area contributed by atoms with Gasteiger partial charge in [0.25, 0.3) is 0 Å². The molecule has 102 valence electrons. The lowest BCUT2D eigenvalue weighted by atomic mass is 10.0. The molecule has 5 nitrogen and oxygen atoms in total. The molecule has 1 aromatic heterocycles. The van der Waals surface area contributed by atoms with Crippen LogP contribution in [0.5, 0.6) is 11.5 Å². The van der Waals surface area contributed by atoms with Gasteiger partial charge in [0, 0.05) is 11.6 Å². The summed E-state index contributed by atoms with van der Waals surface area (Å²) in [5.41, 5.74) is 8.16. The van der Waals surface area contributed by atoms with Crippen LogP contribution in [0.1, 0.15) is 29.1 Å². The fourth-order valence-corrected chi connectivity index (χ4v) is 2.67. The van der Waals surface area contributed by atoms with E-state index in [1.807, 2.05) is 25.1 Å². The van der Waals surface area contributed by atoms with Crippen LogP contribution in [0.4, 0.5) is 0 Å². The molecule has 0 saturated carbocycles. The highest BCUT2D eigenvalue weighted by Gasteiger charge is 2.20. The van der Waals surface area contributed by atoms with Gasteiger partial charge < -0.3 is 15.2 Å². The van der Waals surface area contributed by atoms with Crippen molar-refractivity contribution in [2.75, 3.05) is 14.2 Å². The lowest BCUT2D eigenvalue weighted by Crippen LogP contribution is -2.13. The number of methoxy groups -OCH3 is 2. The molecule has 0 radical (unpaired) electrons. The van der Waals surface area contributed by atoms with Gasteiger partial charge in [-0.3, -0.25) is 0 Å². The van der Waals surface area contributed by atoms with Crippen LogP contribution >= 0.6 is 11.5 Å². The largest absolute Gasteiger partial charge is 0.497 e. The second kappa shape index (κ2) is 5.99. The van der Waals surface area contributed by atoms with Gasteiger partial charge >= 0.3 is 0 Å². The van der Waals surface area contributed by atoms with E-state index in [9.17, 15) is 0 Å². The average Bonchev–Trinajstić information content (AvgIpc) is 2.94. The van der Waals surface area contributed by atoms with Crippen LogP contribution < -0.4 is 15.2 Å². The Kier molecular flexibility index (Phi) is 4.34. The Labute approximate surface area is 116 Å². The normalized spacial score (nSPS) is 12.2. The molecular weight excluding hydrogens is 262 g/mol. The number of rotatable bonds is 5. The van der Waals surface area contributed by atoms with Crippen molar-refractivity contribution in [3.05, 3.63) is 34.3 Å². The second-order valence-electron chi connectivity index (χ2n) is 4.02. The fraction of sp³-hybridized carbons (Fsp3) is 0.385. The topological polar surface area (TPSA) is 70.3 Å². The lowest BCUT2D eigenvalue weighted by molar-refractivity contribution is 0.390. The number of hydrogen-bond acceptors (Lipinski definition) is 6. The van der Waals surface area contributed by atoms with Gasteiger partial charge in [0.15, 0.2) is 0 Å². The monoisotopic (exact) mass is 279 g/mol. The minimum atomic E-state index is -0.282. The van der Waals surface area contributed by atoms with Crippen molar-refractivity contribution in [3.63, 3.8) is 0 Å². The molecule has 1 atom stereocenters. The number of aryl methyl sites for hydroxylation is 1. The molecule has 1 unspecified atom stereocenters. The Morgan fingerprint density at radius 3 is 2.74 bits per heavy atom. The van der Waals surface area contributed by atoms with E-state index in [-0.39, 0.29) is 6.04 Å². The quantitative estimate of drug-likeness (QED) is 0.908. The van der Waals surface area contributed by atoms with Gasteiger partial charge in [0.2, 0.25) is 0 Å². The summed E-state index contributed by atoms with van der Waals surface area (Å²) in [5.74, 6) is 1.45. The van der Waals surface area contributed by atoms with Crippen molar-refractivity contribution in [1.29, 1.82) is 0 Å². The highest BCUT2D eigenvalue weighted by molar-refractivity contribution is 7.05. The summed E-state index contributed by atoms with van der Waals surface area (Å²) in [6.45, 7) is 2.04. The second-order valence-corrected chi connectivity index (χ2v) is 4.81. The number of ether oxygens (including phenoxy) is 2. The molecule has 0 fully saturated rings. The van der Waals surface area contributed by atoms with Gasteiger partial charge in [0.05, 0.1) is 30.8 Å². The molecule has 0 bridgehead atoms. The van der Waals surface area contributed by atoms with Crippen molar-refractivity contribution in [2.24, 2.45) is 5.73 Å². The van der Waals surface area contributed by atoms with E-state index < -0.39 is 0 Å². The number of benzene rings is 1.